The van der Waals surface area contributed by atoms with Crippen molar-refractivity contribution in [3.8, 4) is 0 Å². The van der Waals surface area contributed by atoms with Gasteiger partial charge in [0, 0.05) is 24.7 Å². The molecule has 1 aromatic heterocycles. The molecule has 9 nitrogen and oxygen atoms in total. The number of nitro benzene ring substituents is 1. The van der Waals surface area contributed by atoms with Gasteiger partial charge in [-0.15, -0.1) is 0 Å². The number of amides is 1. The van der Waals surface area contributed by atoms with Crippen molar-refractivity contribution in [2.45, 2.75) is 39.7 Å². The van der Waals surface area contributed by atoms with Gasteiger partial charge in [-0.05, 0) is 62.9 Å². The third-order valence-corrected chi connectivity index (χ3v) is 6.78. The van der Waals surface area contributed by atoms with Crippen LogP contribution in [0.4, 0.5) is 11.4 Å². The van der Waals surface area contributed by atoms with Crippen LogP contribution in [-0.2, 0) is 16.1 Å². The minimum Gasteiger partial charge on any atom is -0.465 e. The molecule has 0 radical (unpaired) electrons. The molecular weight excluding hydrogens is 456 g/mol. The lowest BCUT2D eigenvalue weighted by atomic mass is 10.1. The molecule has 0 bridgehead atoms. The average Bonchev–Trinajstić information content (AvgIpc) is 3.14. The van der Waals surface area contributed by atoms with Gasteiger partial charge in [0.25, 0.3) is 11.6 Å². The number of ether oxygens (including phenoxy) is 1. The summed E-state index contributed by atoms with van der Waals surface area (Å²) in [5.41, 5.74) is 2.36. The zero-order valence-corrected chi connectivity index (χ0v) is 20.0. The number of fused-ring (bicyclic) bond motifs is 1. The van der Waals surface area contributed by atoms with E-state index in [1.54, 1.807) is 23.6 Å². The van der Waals surface area contributed by atoms with Crippen molar-refractivity contribution in [2.75, 3.05) is 24.6 Å². The Kier molecular flexibility index (Phi) is 7.06. The number of aryl methyl sites for hydroxylation is 1. The van der Waals surface area contributed by atoms with Crippen LogP contribution in [0.15, 0.2) is 41.4 Å². The van der Waals surface area contributed by atoms with E-state index in [1.807, 2.05) is 30.0 Å². The molecule has 10 heteroatoms. The van der Waals surface area contributed by atoms with Crippen molar-refractivity contribution >= 4 is 44.8 Å². The molecule has 1 aliphatic rings. The van der Waals surface area contributed by atoms with Crippen LogP contribution in [0.5, 0.6) is 0 Å². The third-order valence-electron chi connectivity index (χ3n) is 5.74. The van der Waals surface area contributed by atoms with Crippen molar-refractivity contribution in [3.05, 3.63) is 62.4 Å². The number of benzene rings is 2. The highest BCUT2D eigenvalue weighted by molar-refractivity contribution is 7.16. The summed E-state index contributed by atoms with van der Waals surface area (Å²) in [6.07, 6.45) is 3.08. The van der Waals surface area contributed by atoms with Crippen LogP contribution in [0.2, 0.25) is 0 Å². The highest BCUT2D eigenvalue weighted by Gasteiger charge is 2.23. The first kappa shape index (κ1) is 23.6. The number of piperidine rings is 1. The van der Waals surface area contributed by atoms with Gasteiger partial charge in [-0.2, -0.15) is 4.99 Å². The van der Waals surface area contributed by atoms with Gasteiger partial charge in [0.1, 0.15) is 12.2 Å². The number of rotatable bonds is 6. The maximum Gasteiger partial charge on any atom is 0.326 e. The number of esters is 1. The molecule has 2 aromatic carbocycles. The molecule has 1 saturated heterocycles. The summed E-state index contributed by atoms with van der Waals surface area (Å²) < 4.78 is 7.61. The zero-order valence-electron chi connectivity index (χ0n) is 19.2. The van der Waals surface area contributed by atoms with Crippen molar-refractivity contribution in [1.29, 1.82) is 0 Å². The van der Waals surface area contributed by atoms with Crippen molar-refractivity contribution in [2.24, 2.45) is 4.99 Å². The van der Waals surface area contributed by atoms with Crippen LogP contribution in [0, 0.1) is 17.0 Å². The summed E-state index contributed by atoms with van der Waals surface area (Å²) in [7, 11) is 0. The summed E-state index contributed by atoms with van der Waals surface area (Å²) in [6.45, 7) is 5.37. The van der Waals surface area contributed by atoms with Gasteiger partial charge in [-0.1, -0.05) is 17.4 Å². The number of anilines is 1. The average molecular weight is 483 g/mol. The Morgan fingerprint density at radius 3 is 2.62 bits per heavy atom. The molecule has 1 amide bonds. The van der Waals surface area contributed by atoms with Crippen LogP contribution >= 0.6 is 11.3 Å². The smallest absolute Gasteiger partial charge is 0.326 e. The van der Waals surface area contributed by atoms with Crippen molar-refractivity contribution < 1.29 is 19.2 Å². The second-order valence-corrected chi connectivity index (χ2v) is 9.18. The number of hydrogen-bond acceptors (Lipinski definition) is 7. The molecule has 2 heterocycles. The molecule has 0 spiro atoms. The maximum atomic E-state index is 13.1. The van der Waals surface area contributed by atoms with Crippen LogP contribution in [0.3, 0.4) is 0 Å². The van der Waals surface area contributed by atoms with E-state index in [0.29, 0.717) is 10.5 Å². The molecule has 34 heavy (non-hydrogen) atoms. The van der Waals surface area contributed by atoms with Gasteiger partial charge in [-0.25, -0.2) is 0 Å². The number of carbonyl (C=O) groups excluding carboxylic acids is 2. The summed E-state index contributed by atoms with van der Waals surface area (Å²) in [5.74, 6) is -1.03. The van der Waals surface area contributed by atoms with Gasteiger partial charge in [0.15, 0.2) is 4.80 Å². The van der Waals surface area contributed by atoms with E-state index in [2.05, 4.69) is 4.99 Å². The fourth-order valence-corrected chi connectivity index (χ4v) is 5.24. The van der Waals surface area contributed by atoms with E-state index >= 15 is 0 Å². The largest absolute Gasteiger partial charge is 0.465 e. The zero-order chi connectivity index (χ0) is 24.2. The second-order valence-electron chi connectivity index (χ2n) is 8.17. The summed E-state index contributed by atoms with van der Waals surface area (Å²) in [5, 5.41) is 11.8. The first-order valence-corrected chi connectivity index (χ1v) is 12.1. The highest BCUT2D eigenvalue weighted by atomic mass is 32.1. The Labute approximate surface area is 200 Å². The lowest BCUT2D eigenvalue weighted by Crippen LogP contribution is -2.30. The van der Waals surface area contributed by atoms with E-state index < -0.39 is 16.8 Å². The van der Waals surface area contributed by atoms with E-state index in [9.17, 15) is 19.7 Å². The molecule has 0 N–H and O–H groups in total. The number of nitrogens with zero attached hydrogens (tertiary/aromatic N) is 4. The van der Waals surface area contributed by atoms with Gasteiger partial charge in [0.05, 0.1) is 21.7 Å². The Bertz CT molecular complexity index is 1320. The molecule has 0 unspecified atom stereocenters. The molecule has 1 aliphatic heterocycles. The molecule has 3 aromatic rings. The number of hydrogen-bond donors (Lipinski definition) is 0. The van der Waals surface area contributed by atoms with Crippen LogP contribution in [-0.4, -0.2) is 41.1 Å². The van der Waals surface area contributed by atoms with Gasteiger partial charge >= 0.3 is 5.97 Å². The molecule has 1 fully saturated rings. The van der Waals surface area contributed by atoms with Gasteiger partial charge in [-0.3, -0.25) is 19.7 Å². The summed E-state index contributed by atoms with van der Waals surface area (Å²) >= 11 is 1.28. The topological polar surface area (TPSA) is 107 Å². The Morgan fingerprint density at radius 2 is 1.91 bits per heavy atom. The van der Waals surface area contributed by atoms with Crippen LogP contribution < -0.4 is 9.70 Å². The molecule has 178 valence electrons. The normalized spacial score (nSPS) is 14.4. The van der Waals surface area contributed by atoms with Crippen LogP contribution in [0.1, 0.15) is 42.1 Å². The summed E-state index contributed by atoms with van der Waals surface area (Å²) in [6, 6.07) is 10.3. The number of carbonyl (C=O) groups is 2. The lowest BCUT2D eigenvalue weighted by Gasteiger charge is -2.28. The minimum absolute atomic E-state index is 0.0863. The number of aromatic nitrogens is 1. The van der Waals surface area contributed by atoms with Gasteiger partial charge < -0.3 is 14.2 Å². The Balaban J connectivity index is 1.74. The quantitative estimate of drug-likeness (QED) is 0.296. The van der Waals surface area contributed by atoms with Crippen LogP contribution in [0.25, 0.3) is 10.2 Å². The Hall–Kier alpha value is -3.53. The fraction of sp³-hybridized carbons (Fsp3) is 0.375. The Morgan fingerprint density at radius 1 is 1.15 bits per heavy atom. The highest BCUT2D eigenvalue weighted by Crippen LogP contribution is 2.31. The predicted molar refractivity (Wildman–Crippen MR) is 130 cm³/mol. The molecule has 0 saturated carbocycles. The first-order chi connectivity index (χ1) is 16.4. The van der Waals surface area contributed by atoms with Gasteiger partial charge in [0.2, 0.25) is 0 Å². The predicted octanol–water partition coefficient (Wildman–Crippen LogP) is 4.21. The lowest BCUT2D eigenvalue weighted by molar-refractivity contribution is -0.384. The third kappa shape index (κ3) is 5.01. The number of nitro groups is 1. The molecule has 0 atom stereocenters. The standard InChI is InChI=1S/C24H26N4O5S/c1-3-33-22(29)15-27-19-9-7-16(2)13-21(19)34-24(27)25-23(30)17-8-10-18(20(14-17)28(31)32)26-11-5-4-6-12-26/h7-10,13-14H,3-6,11-12,15H2,1-2H3. The fourth-order valence-electron chi connectivity index (χ4n) is 4.11. The minimum atomic E-state index is -0.603. The van der Waals surface area contributed by atoms with E-state index in [-0.39, 0.29) is 24.4 Å². The van der Waals surface area contributed by atoms with Crippen molar-refractivity contribution in [1.82, 2.24) is 4.57 Å². The summed E-state index contributed by atoms with van der Waals surface area (Å²) in [4.78, 5) is 43.1. The molecular formula is C24H26N4O5S. The van der Waals surface area contributed by atoms with Crippen molar-refractivity contribution in [3.63, 3.8) is 0 Å². The van der Waals surface area contributed by atoms with E-state index in [1.165, 1.54) is 17.4 Å². The molecule has 0 aliphatic carbocycles. The molecule has 4 rings (SSSR count). The van der Waals surface area contributed by atoms with E-state index in [0.717, 1.165) is 48.1 Å². The monoisotopic (exact) mass is 482 g/mol. The maximum absolute atomic E-state index is 13.1. The van der Waals surface area contributed by atoms with E-state index in [4.69, 9.17) is 4.74 Å². The SMILES string of the molecule is CCOC(=O)Cn1c(=NC(=O)c2ccc(N3CCCCC3)c([N+](=O)[O-])c2)sc2cc(C)ccc21. The second kappa shape index (κ2) is 10.2. The number of thiazole rings is 1. The first-order valence-electron chi connectivity index (χ1n) is 11.3.